The largest absolute Gasteiger partial charge is 0.391 e. The van der Waals surface area contributed by atoms with E-state index < -0.39 is 0 Å². The number of aliphatic hydroxyl groups is 1. The number of aryl methyl sites for hydroxylation is 2. The lowest BCUT2D eigenvalue weighted by molar-refractivity contribution is 0.277. The summed E-state index contributed by atoms with van der Waals surface area (Å²) in [6, 6.07) is 6.19. The molecule has 0 aliphatic heterocycles. The molecule has 0 aliphatic rings. The summed E-state index contributed by atoms with van der Waals surface area (Å²) in [4.78, 5) is 9.10. The molecule has 0 saturated heterocycles. The highest BCUT2D eigenvalue weighted by molar-refractivity contribution is 7.99. The topological polar surface area (TPSA) is 46.0 Å². The molecule has 0 amide bonds. The highest BCUT2D eigenvalue weighted by Gasteiger charge is 2.10. The first-order chi connectivity index (χ1) is 8.61. The Kier molecular flexibility index (Phi) is 4.22. The Bertz CT molecular complexity index is 575. The molecule has 2 aromatic rings. The first-order valence-corrected chi connectivity index (χ1v) is 6.66. The van der Waals surface area contributed by atoms with Gasteiger partial charge in [-0.25, -0.2) is 9.97 Å². The first-order valence-electron chi connectivity index (χ1n) is 5.47. The van der Waals surface area contributed by atoms with Crippen molar-refractivity contribution in [3.63, 3.8) is 0 Å². The molecule has 1 aromatic heterocycles. The van der Waals surface area contributed by atoms with Gasteiger partial charge in [0.2, 0.25) is 0 Å². The van der Waals surface area contributed by atoms with Crippen LogP contribution in [0.25, 0.3) is 0 Å². The fourth-order valence-corrected chi connectivity index (χ4v) is 2.71. The molecule has 2 rings (SSSR count). The number of hydrogen-bond donors (Lipinski definition) is 1. The van der Waals surface area contributed by atoms with Gasteiger partial charge in [0.25, 0.3) is 0 Å². The Morgan fingerprint density at radius 2 is 2.00 bits per heavy atom. The van der Waals surface area contributed by atoms with Gasteiger partial charge < -0.3 is 5.11 Å². The van der Waals surface area contributed by atoms with Crippen molar-refractivity contribution in [2.24, 2.45) is 0 Å². The van der Waals surface area contributed by atoms with E-state index in [0.29, 0.717) is 15.7 Å². The molecule has 18 heavy (non-hydrogen) atoms. The Balaban J connectivity index is 2.34. The van der Waals surface area contributed by atoms with Gasteiger partial charge in [-0.15, -0.1) is 0 Å². The van der Waals surface area contributed by atoms with Crippen molar-refractivity contribution in [3.05, 3.63) is 46.4 Å². The predicted octanol–water partition coefficient (Wildman–Crippen LogP) is 3.39. The third-order valence-corrected chi connectivity index (χ3v) is 4.06. The SMILES string of the molecule is Cc1ccc(Sc2ncnc(Cl)c2CO)cc1C. The molecule has 1 aromatic carbocycles. The molecule has 0 fully saturated rings. The zero-order valence-corrected chi connectivity index (χ0v) is 11.7. The summed E-state index contributed by atoms with van der Waals surface area (Å²) in [5, 5.41) is 10.3. The maximum Gasteiger partial charge on any atom is 0.139 e. The third kappa shape index (κ3) is 2.83. The number of aromatic nitrogens is 2. The van der Waals surface area contributed by atoms with Crippen LogP contribution < -0.4 is 0 Å². The molecular weight excluding hydrogens is 268 g/mol. The highest BCUT2D eigenvalue weighted by Crippen LogP contribution is 2.31. The third-order valence-electron chi connectivity index (χ3n) is 2.70. The molecule has 0 atom stereocenters. The Morgan fingerprint density at radius 1 is 1.22 bits per heavy atom. The van der Waals surface area contributed by atoms with E-state index >= 15 is 0 Å². The van der Waals surface area contributed by atoms with Crippen LogP contribution in [-0.4, -0.2) is 15.1 Å². The smallest absolute Gasteiger partial charge is 0.139 e. The monoisotopic (exact) mass is 280 g/mol. The number of aliphatic hydroxyl groups excluding tert-OH is 1. The van der Waals surface area contributed by atoms with Crippen molar-refractivity contribution in [1.82, 2.24) is 9.97 Å². The molecule has 5 heteroatoms. The lowest BCUT2D eigenvalue weighted by atomic mass is 10.1. The zero-order chi connectivity index (χ0) is 13.1. The molecule has 1 N–H and O–H groups in total. The molecule has 3 nitrogen and oxygen atoms in total. The van der Waals surface area contributed by atoms with Crippen molar-refractivity contribution in [2.75, 3.05) is 0 Å². The fraction of sp³-hybridized carbons (Fsp3) is 0.231. The molecular formula is C13H13ClN2OS. The summed E-state index contributed by atoms with van der Waals surface area (Å²) in [7, 11) is 0. The van der Waals surface area contributed by atoms with E-state index in [-0.39, 0.29) is 6.61 Å². The van der Waals surface area contributed by atoms with Gasteiger partial charge in [-0.3, -0.25) is 0 Å². The van der Waals surface area contributed by atoms with Gasteiger partial charge in [0.15, 0.2) is 0 Å². The van der Waals surface area contributed by atoms with Crippen LogP contribution in [0.15, 0.2) is 34.4 Å². The van der Waals surface area contributed by atoms with Crippen LogP contribution in [0.4, 0.5) is 0 Å². The first kappa shape index (κ1) is 13.3. The minimum absolute atomic E-state index is 0.160. The molecule has 94 valence electrons. The molecule has 0 spiro atoms. The van der Waals surface area contributed by atoms with E-state index in [2.05, 4.69) is 35.9 Å². The summed E-state index contributed by atoms with van der Waals surface area (Å²) in [6.45, 7) is 3.98. The van der Waals surface area contributed by atoms with E-state index in [1.54, 1.807) is 0 Å². The number of nitrogens with zero attached hydrogens (tertiary/aromatic N) is 2. The van der Waals surface area contributed by atoms with Gasteiger partial charge >= 0.3 is 0 Å². The van der Waals surface area contributed by atoms with Gasteiger partial charge in [0.1, 0.15) is 16.5 Å². The fourth-order valence-electron chi connectivity index (χ4n) is 1.49. The van der Waals surface area contributed by atoms with Crippen molar-refractivity contribution >= 4 is 23.4 Å². The number of benzene rings is 1. The van der Waals surface area contributed by atoms with E-state index in [0.717, 1.165) is 4.90 Å². The lowest BCUT2D eigenvalue weighted by Gasteiger charge is -2.08. The van der Waals surface area contributed by atoms with Gasteiger partial charge in [0, 0.05) is 10.5 Å². The summed E-state index contributed by atoms with van der Waals surface area (Å²) in [5.41, 5.74) is 3.05. The van der Waals surface area contributed by atoms with Crippen molar-refractivity contribution in [3.8, 4) is 0 Å². The average Bonchev–Trinajstić information content (AvgIpc) is 2.34. The van der Waals surface area contributed by atoms with Crippen LogP contribution >= 0.6 is 23.4 Å². The summed E-state index contributed by atoms with van der Waals surface area (Å²) < 4.78 is 0. The van der Waals surface area contributed by atoms with Gasteiger partial charge in [-0.2, -0.15) is 0 Å². The Morgan fingerprint density at radius 3 is 2.67 bits per heavy atom. The quantitative estimate of drug-likeness (QED) is 0.876. The maximum absolute atomic E-state index is 9.30. The predicted molar refractivity (Wildman–Crippen MR) is 73.0 cm³/mol. The zero-order valence-electron chi connectivity index (χ0n) is 10.1. The number of hydrogen-bond acceptors (Lipinski definition) is 4. The second-order valence-corrected chi connectivity index (χ2v) is 5.37. The molecule has 0 bridgehead atoms. The molecule has 0 aliphatic carbocycles. The molecule has 0 radical (unpaired) electrons. The lowest BCUT2D eigenvalue weighted by Crippen LogP contribution is -1.95. The van der Waals surface area contributed by atoms with Crippen LogP contribution in [0.2, 0.25) is 5.15 Å². The van der Waals surface area contributed by atoms with Crippen LogP contribution in [0.5, 0.6) is 0 Å². The molecule has 1 heterocycles. The van der Waals surface area contributed by atoms with E-state index in [1.165, 1.54) is 29.2 Å². The summed E-state index contributed by atoms with van der Waals surface area (Å²) >= 11 is 7.41. The van der Waals surface area contributed by atoms with Crippen molar-refractivity contribution < 1.29 is 5.11 Å². The highest BCUT2D eigenvalue weighted by atomic mass is 35.5. The van der Waals surface area contributed by atoms with Gasteiger partial charge in [-0.1, -0.05) is 29.4 Å². The Labute approximate surface area is 115 Å². The van der Waals surface area contributed by atoms with Crippen LogP contribution in [0.1, 0.15) is 16.7 Å². The minimum Gasteiger partial charge on any atom is -0.391 e. The number of halogens is 1. The molecule has 0 unspecified atom stereocenters. The minimum atomic E-state index is -0.160. The summed E-state index contributed by atoms with van der Waals surface area (Å²) in [5.74, 6) is 0. The number of rotatable bonds is 3. The van der Waals surface area contributed by atoms with E-state index in [9.17, 15) is 5.11 Å². The Hall–Kier alpha value is -1.10. The van der Waals surface area contributed by atoms with Crippen LogP contribution in [-0.2, 0) is 6.61 Å². The second kappa shape index (κ2) is 5.69. The van der Waals surface area contributed by atoms with Crippen LogP contribution in [0.3, 0.4) is 0 Å². The standard InChI is InChI=1S/C13H13ClN2OS/c1-8-3-4-10(5-9(8)2)18-13-11(6-17)12(14)15-7-16-13/h3-5,7,17H,6H2,1-2H3. The van der Waals surface area contributed by atoms with E-state index in [4.69, 9.17) is 11.6 Å². The second-order valence-electron chi connectivity index (χ2n) is 3.95. The van der Waals surface area contributed by atoms with Gasteiger partial charge in [0.05, 0.1) is 6.61 Å². The van der Waals surface area contributed by atoms with E-state index in [1.807, 2.05) is 6.07 Å². The van der Waals surface area contributed by atoms with Gasteiger partial charge in [-0.05, 0) is 37.1 Å². The average molecular weight is 281 g/mol. The maximum atomic E-state index is 9.30. The van der Waals surface area contributed by atoms with Crippen LogP contribution in [0, 0.1) is 13.8 Å². The molecule has 0 saturated carbocycles. The summed E-state index contributed by atoms with van der Waals surface area (Å²) in [6.07, 6.45) is 1.41. The normalized spacial score (nSPS) is 10.7. The van der Waals surface area contributed by atoms with Crippen molar-refractivity contribution in [2.45, 2.75) is 30.4 Å². The van der Waals surface area contributed by atoms with Crippen molar-refractivity contribution in [1.29, 1.82) is 0 Å².